The van der Waals surface area contributed by atoms with Crippen LogP contribution in [0.2, 0.25) is 0 Å². The maximum absolute atomic E-state index is 12.2. The van der Waals surface area contributed by atoms with Crippen molar-refractivity contribution in [2.45, 2.75) is 19.1 Å². The number of carbonyl (C=O) groups is 2. The van der Waals surface area contributed by atoms with E-state index in [1.54, 1.807) is 0 Å². The van der Waals surface area contributed by atoms with Crippen molar-refractivity contribution in [3.05, 3.63) is 83.9 Å². The van der Waals surface area contributed by atoms with Crippen molar-refractivity contribution in [2.24, 2.45) is 0 Å². The second kappa shape index (κ2) is 8.16. The second-order valence-electron chi connectivity index (χ2n) is 5.92. The van der Waals surface area contributed by atoms with E-state index in [-0.39, 0.29) is 13.0 Å². The highest BCUT2D eigenvalue weighted by atomic mass is 16.5. The standard InChI is InChI=1S/C21H19NO4/c23-20(24)13-19(18-12-6-10-16-9-4-5-11-17(16)18)22-21(25)26-14-15-7-2-1-3-8-15/h1-12,19H,13-14H2,(H,22,25)(H,23,24). The molecule has 1 atom stereocenters. The van der Waals surface area contributed by atoms with Gasteiger partial charge < -0.3 is 15.2 Å². The fourth-order valence-electron chi connectivity index (χ4n) is 2.87. The first-order valence-electron chi connectivity index (χ1n) is 8.30. The Labute approximate surface area is 151 Å². The average molecular weight is 349 g/mol. The first-order chi connectivity index (χ1) is 12.6. The van der Waals surface area contributed by atoms with Crippen LogP contribution in [0.1, 0.15) is 23.6 Å². The highest BCUT2D eigenvalue weighted by Gasteiger charge is 2.20. The van der Waals surface area contributed by atoms with E-state index in [0.717, 1.165) is 21.9 Å². The van der Waals surface area contributed by atoms with Crippen LogP contribution in [0.4, 0.5) is 4.79 Å². The zero-order valence-electron chi connectivity index (χ0n) is 14.1. The number of ether oxygens (including phenoxy) is 1. The fraction of sp³-hybridized carbons (Fsp3) is 0.143. The number of benzene rings is 3. The lowest BCUT2D eigenvalue weighted by atomic mass is 9.97. The van der Waals surface area contributed by atoms with E-state index in [0.29, 0.717) is 0 Å². The Morgan fingerprint density at radius 1 is 0.923 bits per heavy atom. The van der Waals surface area contributed by atoms with Gasteiger partial charge in [-0.05, 0) is 21.9 Å². The number of carbonyl (C=O) groups excluding carboxylic acids is 1. The maximum Gasteiger partial charge on any atom is 0.407 e. The van der Waals surface area contributed by atoms with Crippen molar-refractivity contribution < 1.29 is 19.4 Å². The number of carboxylic acid groups (broad SMARTS) is 1. The lowest BCUT2D eigenvalue weighted by Crippen LogP contribution is -2.30. The molecule has 132 valence electrons. The minimum Gasteiger partial charge on any atom is -0.481 e. The first-order valence-corrected chi connectivity index (χ1v) is 8.30. The molecule has 0 aliphatic rings. The number of hydrogen-bond acceptors (Lipinski definition) is 3. The minimum atomic E-state index is -0.994. The molecule has 26 heavy (non-hydrogen) atoms. The summed E-state index contributed by atoms with van der Waals surface area (Å²) in [6.45, 7) is 0.127. The Hall–Kier alpha value is -3.34. The monoisotopic (exact) mass is 349 g/mol. The van der Waals surface area contributed by atoms with Crippen LogP contribution in [-0.2, 0) is 16.1 Å². The van der Waals surface area contributed by atoms with Crippen LogP contribution in [-0.4, -0.2) is 17.2 Å². The SMILES string of the molecule is O=C(O)CC(NC(=O)OCc1ccccc1)c1cccc2ccccc12. The summed E-state index contributed by atoms with van der Waals surface area (Å²) in [5.41, 5.74) is 1.62. The first kappa shape index (κ1) is 17.5. The van der Waals surface area contributed by atoms with E-state index in [1.807, 2.05) is 72.8 Å². The molecule has 0 aliphatic heterocycles. The van der Waals surface area contributed by atoms with Crippen LogP contribution in [0.25, 0.3) is 10.8 Å². The Morgan fingerprint density at radius 3 is 2.38 bits per heavy atom. The van der Waals surface area contributed by atoms with Gasteiger partial charge in [0.25, 0.3) is 0 Å². The molecule has 0 spiro atoms. The minimum absolute atomic E-state index is 0.127. The summed E-state index contributed by atoms with van der Waals surface area (Å²) in [5, 5.41) is 13.8. The Morgan fingerprint density at radius 2 is 1.62 bits per heavy atom. The molecule has 0 bridgehead atoms. The van der Waals surface area contributed by atoms with Crippen molar-refractivity contribution in [3.63, 3.8) is 0 Å². The van der Waals surface area contributed by atoms with Gasteiger partial charge >= 0.3 is 12.1 Å². The Balaban J connectivity index is 1.77. The fourth-order valence-corrected chi connectivity index (χ4v) is 2.87. The van der Waals surface area contributed by atoms with Crippen LogP contribution >= 0.6 is 0 Å². The normalized spacial score (nSPS) is 11.7. The molecule has 2 N–H and O–H groups in total. The number of hydrogen-bond donors (Lipinski definition) is 2. The molecule has 0 aromatic heterocycles. The number of nitrogens with one attached hydrogen (secondary N) is 1. The molecule has 0 saturated heterocycles. The summed E-state index contributed by atoms with van der Waals surface area (Å²) in [4.78, 5) is 23.5. The van der Waals surface area contributed by atoms with Crippen LogP contribution in [0.5, 0.6) is 0 Å². The predicted molar refractivity (Wildman–Crippen MR) is 98.7 cm³/mol. The molecule has 3 aromatic rings. The third-order valence-electron chi connectivity index (χ3n) is 4.08. The van der Waals surface area contributed by atoms with Gasteiger partial charge in [-0.2, -0.15) is 0 Å². The number of fused-ring (bicyclic) bond motifs is 1. The van der Waals surface area contributed by atoms with Crippen molar-refractivity contribution in [1.82, 2.24) is 5.32 Å². The quantitative estimate of drug-likeness (QED) is 0.696. The summed E-state index contributed by atoms with van der Waals surface area (Å²) in [6, 6.07) is 21.9. The van der Waals surface area contributed by atoms with Crippen LogP contribution in [0.15, 0.2) is 72.8 Å². The van der Waals surface area contributed by atoms with Gasteiger partial charge in [0.1, 0.15) is 6.61 Å². The Kier molecular flexibility index (Phi) is 5.49. The predicted octanol–water partition coefficient (Wildman–Crippen LogP) is 4.28. The molecule has 3 rings (SSSR count). The molecule has 1 amide bonds. The summed E-state index contributed by atoms with van der Waals surface area (Å²) in [6.07, 6.45) is -0.873. The van der Waals surface area contributed by atoms with Crippen molar-refractivity contribution in [2.75, 3.05) is 0 Å². The van der Waals surface area contributed by atoms with Crippen molar-refractivity contribution >= 4 is 22.8 Å². The van der Waals surface area contributed by atoms with E-state index in [4.69, 9.17) is 4.74 Å². The summed E-state index contributed by atoms with van der Waals surface area (Å²) >= 11 is 0. The van der Waals surface area contributed by atoms with E-state index in [2.05, 4.69) is 5.32 Å². The van der Waals surface area contributed by atoms with Gasteiger partial charge in [-0.3, -0.25) is 4.79 Å². The number of amides is 1. The molecule has 0 saturated carbocycles. The lowest BCUT2D eigenvalue weighted by Gasteiger charge is -2.19. The van der Waals surface area contributed by atoms with Gasteiger partial charge in [-0.15, -0.1) is 0 Å². The maximum atomic E-state index is 12.2. The Bertz CT molecular complexity index is 903. The van der Waals surface area contributed by atoms with Gasteiger partial charge in [0.15, 0.2) is 0 Å². The molecule has 1 unspecified atom stereocenters. The largest absolute Gasteiger partial charge is 0.481 e. The summed E-state index contributed by atoms with van der Waals surface area (Å²) < 4.78 is 5.23. The zero-order valence-corrected chi connectivity index (χ0v) is 14.1. The van der Waals surface area contributed by atoms with Gasteiger partial charge in [0, 0.05) is 0 Å². The van der Waals surface area contributed by atoms with E-state index in [9.17, 15) is 14.7 Å². The van der Waals surface area contributed by atoms with Crippen molar-refractivity contribution in [3.8, 4) is 0 Å². The second-order valence-corrected chi connectivity index (χ2v) is 5.92. The number of rotatable bonds is 6. The number of aliphatic carboxylic acids is 1. The smallest absolute Gasteiger partial charge is 0.407 e. The van der Waals surface area contributed by atoms with Crippen molar-refractivity contribution in [1.29, 1.82) is 0 Å². The third-order valence-corrected chi connectivity index (χ3v) is 4.08. The highest BCUT2D eigenvalue weighted by Crippen LogP contribution is 2.26. The molecule has 5 heteroatoms. The number of alkyl carbamates (subject to hydrolysis) is 1. The molecule has 0 aliphatic carbocycles. The summed E-state index contributed by atoms with van der Waals surface area (Å²) in [5.74, 6) is -0.994. The molecule has 5 nitrogen and oxygen atoms in total. The lowest BCUT2D eigenvalue weighted by molar-refractivity contribution is -0.137. The van der Waals surface area contributed by atoms with Gasteiger partial charge in [-0.25, -0.2) is 4.79 Å². The van der Waals surface area contributed by atoms with Gasteiger partial charge in [0.05, 0.1) is 12.5 Å². The molecule has 0 heterocycles. The van der Waals surface area contributed by atoms with E-state index in [1.165, 1.54) is 0 Å². The van der Waals surface area contributed by atoms with Crippen LogP contribution in [0, 0.1) is 0 Å². The number of carboxylic acids is 1. The molecule has 0 fully saturated rings. The summed E-state index contributed by atoms with van der Waals surface area (Å²) in [7, 11) is 0. The highest BCUT2D eigenvalue weighted by molar-refractivity contribution is 5.87. The molecule has 3 aromatic carbocycles. The third kappa shape index (κ3) is 4.39. The van der Waals surface area contributed by atoms with Gasteiger partial charge in [0.2, 0.25) is 0 Å². The molecule has 0 radical (unpaired) electrons. The zero-order chi connectivity index (χ0) is 18.4. The van der Waals surface area contributed by atoms with E-state index < -0.39 is 18.1 Å². The van der Waals surface area contributed by atoms with Gasteiger partial charge in [-0.1, -0.05) is 72.8 Å². The molecular formula is C21H19NO4. The molecular weight excluding hydrogens is 330 g/mol. The van der Waals surface area contributed by atoms with E-state index >= 15 is 0 Å². The van der Waals surface area contributed by atoms with Crippen LogP contribution < -0.4 is 5.32 Å². The average Bonchev–Trinajstić information content (AvgIpc) is 2.66. The topological polar surface area (TPSA) is 75.6 Å². The van der Waals surface area contributed by atoms with Crippen LogP contribution in [0.3, 0.4) is 0 Å².